The van der Waals surface area contributed by atoms with Gasteiger partial charge in [-0.15, -0.1) is 0 Å². The molecule has 146 valence electrons. The normalized spacial score (nSPS) is 11.1. The Morgan fingerprint density at radius 1 is 0.862 bits per heavy atom. The van der Waals surface area contributed by atoms with Crippen LogP contribution in [0.4, 0.5) is 0 Å². The third-order valence-electron chi connectivity index (χ3n) is 4.70. The lowest BCUT2D eigenvalue weighted by Gasteiger charge is -2.09. The Hall–Kier alpha value is -3.66. The van der Waals surface area contributed by atoms with Crippen LogP contribution >= 0.6 is 0 Å². The van der Waals surface area contributed by atoms with Crippen molar-refractivity contribution in [2.24, 2.45) is 0 Å². The van der Waals surface area contributed by atoms with E-state index < -0.39 is 0 Å². The average molecular weight is 386 g/mol. The summed E-state index contributed by atoms with van der Waals surface area (Å²) >= 11 is 0. The van der Waals surface area contributed by atoms with Crippen molar-refractivity contribution in [2.75, 3.05) is 20.8 Å². The summed E-state index contributed by atoms with van der Waals surface area (Å²) in [6, 6.07) is 21.8. The highest BCUT2D eigenvalue weighted by Gasteiger charge is 2.12. The molecule has 1 aromatic heterocycles. The molecule has 0 unspecified atom stereocenters. The fourth-order valence-corrected chi connectivity index (χ4v) is 3.22. The SMILES string of the molecule is COc1ccc(-c2coc3ccc(OCC=Cc4ccccc4)cc23)cc1OC. The van der Waals surface area contributed by atoms with Crippen molar-refractivity contribution in [2.45, 2.75) is 0 Å². The third-order valence-corrected chi connectivity index (χ3v) is 4.70. The maximum atomic E-state index is 5.90. The zero-order valence-electron chi connectivity index (χ0n) is 16.4. The van der Waals surface area contributed by atoms with E-state index in [-0.39, 0.29) is 0 Å². The molecule has 3 aromatic carbocycles. The lowest BCUT2D eigenvalue weighted by atomic mass is 10.0. The fourth-order valence-electron chi connectivity index (χ4n) is 3.22. The smallest absolute Gasteiger partial charge is 0.161 e. The van der Waals surface area contributed by atoms with Crippen molar-refractivity contribution >= 4 is 17.0 Å². The Kier molecular flexibility index (Phi) is 5.52. The monoisotopic (exact) mass is 386 g/mol. The van der Waals surface area contributed by atoms with Crippen LogP contribution in [0.25, 0.3) is 28.2 Å². The number of furan rings is 1. The average Bonchev–Trinajstić information content (AvgIpc) is 3.20. The lowest BCUT2D eigenvalue weighted by Crippen LogP contribution is -1.93. The Balaban J connectivity index is 1.56. The minimum atomic E-state index is 0.490. The van der Waals surface area contributed by atoms with Gasteiger partial charge in [-0.2, -0.15) is 0 Å². The van der Waals surface area contributed by atoms with Crippen LogP contribution in [0, 0.1) is 0 Å². The maximum absolute atomic E-state index is 5.90. The summed E-state index contributed by atoms with van der Waals surface area (Å²) in [6.07, 6.45) is 5.81. The molecule has 4 heteroatoms. The van der Waals surface area contributed by atoms with Gasteiger partial charge in [0.1, 0.15) is 17.9 Å². The maximum Gasteiger partial charge on any atom is 0.161 e. The molecule has 4 aromatic rings. The first-order valence-corrected chi connectivity index (χ1v) is 9.36. The molecule has 0 atom stereocenters. The molecular weight excluding hydrogens is 364 g/mol. The predicted octanol–water partition coefficient (Wildman–Crippen LogP) is 6.21. The first-order chi connectivity index (χ1) is 14.3. The molecule has 0 spiro atoms. The number of hydrogen-bond donors (Lipinski definition) is 0. The van der Waals surface area contributed by atoms with Gasteiger partial charge < -0.3 is 18.6 Å². The summed E-state index contributed by atoms with van der Waals surface area (Å²) in [4.78, 5) is 0. The van der Waals surface area contributed by atoms with Crippen molar-refractivity contribution in [3.8, 4) is 28.4 Å². The molecule has 4 rings (SSSR count). The molecule has 29 heavy (non-hydrogen) atoms. The number of rotatable bonds is 7. The molecule has 4 nitrogen and oxygen atoms in total. The summed E-state index contributed by atoms with van der Waals surface area (Å²) in [5, 5.41) is 0.988. The predicted molar refractivity (Wildman–Crippen MR) is 116 cm³/mol. The molecule has 0 aliphatic rings. The van der Waals surface area contributed by atoms with Gasteiger partial charge in [0.05, 0.1) is 20.5 Å². The molecule has 0 N–H and O–H groups in total. The van der Waals surface area contributed by atoms with Gasteiger partial charge in [0.25, 0.3) is 0 Å². The van der Waals surface area contributed by atoms with E-state index in [4.69, 9.17) is 18.6 Å². The second-order valence-corrected chi connectivity index (χ2v) is 6.50. The molecule has 0 aliphatic heterocycles. The summed E-state index contributed by atoms with van der Waals surface area (Å²) in [5.74, 6) is 2.16. The third kappa shape index (κ3) is 4.11. The lowest BCUT2D eigenvalue weighted by molar-refractivity contribution is 0.355. The van der Waals surface area contributed by atoms with Crippen molar-refractivity contribution < 1.29 is 18.6 Å². The highest BCUT2D eigenvalue weighted by Crippen LogP contribution is 2.37. The number of ether oxygens (including phenoxy) is 3. The van der Waals surface area contributed by atoms with E-state index in [2.05, 4.69) is 12.1 Å². The van der Waals surface area contributed by atoms with E-state index in [1.54, 1.807) is 20.5 Å². The van der Waals surface area contributed by atoms with Gasteiger partial charge in [-0.05, 0) is 47.5 Å². The molecular formula is C25H22O4. The molecule has 0 radical (unpaired) electrons. The molecule has 0 aliphatic carbocycles. The Morgan fingerprint density at radius 3 is 2.48 bits per heavy atom. The van der Waals surface area contributed by atoms with E-state index in [0.717, 1.165) is 33.4 Å². The quantitative estimate of drug-likeness (QED) is 0.379. The van der Waals surface area contributed by atoms with Crippen molar-refractivity contribution in [3.05, 3.63) is 84.6 Å². The van der Waals surface area contributed by atoms with E-state index in [9.17, 15) is 0 Å². The number of benzene rings is 3. The van der Waals surface area contributed by atoms with Gasteiger partial charge in [0, 0.05) is 10.9 Å². The standard InChI is InChI=1S/C25H22O4/c1-26-24-12-10-19(15-25(24)27-2)22-17-29-23-13-11-20(16-21(22)23)28-14-6-9-18-7-4-3-5-8-18/h3-13,15-17H,14H2,1-2H3. The van der Waals surface area contributed by atoms with Crippen LogP contribution in [0.2, 0.25) is 0 Å². The van der Waals surface area contributed by atoms with E-state index in [1.807, 2.05) is 66.7 Å². The zero-order chi connectivity index (χ0) is 20.1. The van der Waals surface area contributed by atoms with Gasteiger partial charge in [-0.3, -0.25) is 0 Å². The van der Waals surface area contributed by atoms with Crippen LogP contribution in [0.3, 0.4) is 0 Å². The van der Waals surface area contributed by atoms with E-state index in [0.29, 0.717) is 18.1 Å². The fraction of sp³-hybridized carbons (Fsp3) is 0.120. The van der Waals surface area contributed by atoms with Gasteiger partial charge in [-0.25, -0.2) is 0 Å². The van der Waals surface area contributed by atoms with Gasteiger partial charge in [-0.1, -0.05) is 42.5 Å². The van der Waals surface area contributed by atoms with Crippen molar-refractivity contribution in [3.63, 3.8) is 0 Å². The van der Waals surface area contributed by atoms with Crippen molar-refractivity contribution in [1.29, 1.82) is 0 Å². The summed E-state index contributed by atoms with van der Waals surface area (Å²) in [5.41, 5.74) is 3.92. The molecule has 0 amide bonds. The minimum Gasteiger partial charge on any atom is -0.493 e. The molecule has 0 bridgehead atoms. The van der Waals surface area contributed by atoms with Gasteiger partial charge in [0.15, 0.2) is 11.5 Å². The van der Waals surface area contributed by atoms with Crippen LogP contribution < -0.4 is 14.2 Å². The molecule has 0 saturated carbocycles. The Bertz CT molecular complexity index is 1130. The summed E-state index contributed by atoms with van der Waals surface area (Å²) in [7, 11) is 3.25. The largest absolute Gasteiger partial charge is 0.493 e. The van der Waals surface area contributed by atoms with Crippen LogP contribution in [-0.4, -0.2) is 20.8 Å². The molecule has 0 saturated heterocycles. The van der Waals surface area contributed by atoms with Crippen LogP contribution in [-0.2, 0) is 0 Å². The first kappa shape index (κ1) is 18.7. The van der Waals surface area contributed by atoms with E-state index >= 15 is 0 Å². The van der Waals surface area contributed by atoms with Crippen LogP contribution in [0.15, 0.2) is 83.5 Å². The summed E-state index contributed by atoms with van der Waals surface area (Å²) in [6.45, 7) is 0.490. The van der Waals surface area contributed by atoms with Gasteiger partial charge in [0.2, 0.25) is 0 Å². The minimum absolute atomic E-state index is 0.490. The Morgan fingerprint density at radius 2 is 1.69 bits per heavy atom. The number of methoxy groups -OCH3 is 2. The highest BCUT2D eigenvalue weighted by atomic mass is 16.5. The van der Waals surface area contributed by atoms with Gasteiger partial charge >= 0.3 is 0 Å². The first-order valence-electron chi connectivity index (χ1n) is 9.36. The second kappa shape index (κ2) is 8.57. The zero-order valence-corrected chi connectivity index (χ0v) is 16.4. The van der Waals surface area contributed by atoms with Crippen molar-refractivity contribution in [1.82, 2.24) is 0 Å². The number of fused-ring (bicyclic) bond motifs is 1. The van der Waals surface area contributed by atoms with Crippen LogP contribution in [0.1, 0.15) is 5.56 Å². The second-order valence-electron chi connectivity index (χ2n) is 6.50. The topological polar surface area (TPSA) is 40.8 Å². The Labute approximate surface area is 169 Å². The van der Waals surface area contributed by atoms with Crippen LogP contribution in [0.5, 0.6) is 17.2 Å². The molecule has 1 heterocycles. The summed E-state index contributed by atoms with van der Waals surface area (Å²) < 4.78 is 22.4. The van der Waals surface area contributed by atoms with E-state index in [1.165, 1.54) is 0 Å². The number of hydrogen-bond acceptors (Lipinski definition) is 4. The molecule has 0 fully saturated rings. The highest BCUT2D eigenvalue weighted by molar-refractivity contribution is 5.95.